The van der Waals surface area contributed by atoms with Gasteiger partial charge in [0, 0.05) is 31.0 Å². The zero-order chi connectivity index (χ0) is 31.2. The summed E-state index contributed by atoms with van der Waals surface area (Å²) in [7, 11) is -1.67. The van der Waals surface area contributed by atoms with Crippen molar-refractivity contribution >= 4 is 15.8 Å². The van der Waals surface area contributed by atoms with Gasteiger partial charge in [-0.3, -0.25) is 9.69 Å². The lowest BCUT2D eigenvalue weighted by molar-refractivity contribution is -0.142. The van der Waals surface area contributed by atoms with Gasteiger partial charge in [-0.25, -0.2) is 17.8 Å². The van der Waals surface area contributed by atoms with E-state index >= 15 is 4.39 Å². The van der Waals surface area contributed by atoms with Gasteiger partial charge in [0.1, 0.15) is 17.7 Å². The number of carboxylic acid groups (broad SMARTS) is 1. The lowest BCUT2D eigenvalue weighted by Crippen LogP contribution is -2.26. The summed E-state index contributed by atoms with van der Waals surface area (Å²) in [5, 5.41) is 9.34. The quantitative estimate of drug-likeness (QED) is 0.303. The minimum absolute atomic E-state index is 0.0452. The highest BCUT2D eigenvalue weighted by molar-refractivity contribution is 7.91. The van der Waals surface area contributed by atoms with Gasteiger partial charge >= 0.3 is 5.97 Å². The number of hydrogen-bond acceptors (Lipinski definition) is 7. The van der Waals surface area contributed by atoms with Gasteiger partial charge in [0.2, 0.25) is 5.88 Å². The van der Waals surface area contributed by atoms with Crippen molar-refractivity contribution in [1.82, 2.24) is 9.88 Å². The Hall–Kier alpha value is -3.50. The molecule has 10 heteroatoms. The Morgan fingerprint density at radius 3 is 2.61 bits per heavy atom. The number of sulfone groups is 1. The monoisotopic (exact) mass is 622 g/mol. The van der Waals surface area contributed by atoms with Gasteiger partial charge in [-0.2, -0.15) is 0 Å². The number of fused-ring (bicyclic) bond motifs is 1. The number of aryl methyl sites for hydroxylation is 1. The predicted octanol–water partition coefficient (Wildman–Crippen LogP) is 5.80. The normalized spacial score (nSPS) is 21.7. The molecular weight excluding hydrogens is 583 g/mol. The minimum atomic E-state index is -3.16. The second kappa shape index (κ2) is 12.1. The molecule has 3 aliphatic rings. The van der Waals surface area contributed by atoms with E-state index in [1.165, 1.54) is 13.4 Å². The van der Waals surface area contributed by atoms with E-state index in [9.17, 15) is 18.3 Å². The minimum Gasteiger partial charge on any atom is -0.485 e. The number of methoxy groups -OCH3 is 1. The van der Waals surface area contributed by atoms with Crippen LogP contribution in [0.3, 0.4) is 0 Å². The summed E-state index contributed by atoms with van der Waals surface area (Å²) in [5.41, 5.74) is 5.01. The van der Waals surface area contributed by atoms with Crippen LogP contribution >= 0.6 is 0 Å². The molecule has 1 N–H and O–H groups in total. The van der Waals surface area contributed by atoms with E-state index in [-0.39, 0.29) is 12.0 Å². The van der Waals surface area contributed by atoms with E-state index in [2.05, 4.69) is 28.1 Å². The van der Waals surface area contributed by atoms with Crippen LogP contribution in [0.15, 0.2) is 48.7 Å². The third-order valence-corrected chi connectivity index (χ3v) is 11.1. The van der Waals surface area contributed by atoms with Crippen molar-refractivity contribution in [2.75, 3.05) is 26.5 Å². The van der Waals surface area contributed by atoms with Crippen molar-refractivity contribution in [3.05, 3.63) is 76.7 Å². The van der Waals surface area contributed by atoms with Crippen LogP contribution in [0.25, 0.3) is 11.1 Å². The molecule has 0 amide bonds. The highest BCUT2D eigenvalue weighted by Gasteiger charge is 2.39. The van der Waals surface area contributed by atoms with Crippen LogP contribution in [0.1, 0.15) is 66.9 Å². The molecule has 1 unspecified atom stereocenters. The van der Waals surface area contributed by atoms with Crippen LogP contribution in [-0.2, 0) is 27.6 Å². The number of likely N-dealkylation sites (tertiary alicyclic amines) is 1. The summed E-state index contributed by atoms with van der Waals surface area (Å²) >= 11 is 0. The van der Waals surface area contributed by atoms with Crippen LogP contribution in [0.2, 0.25) is 0 Å². The van der Waals surface area contributed by atoms with E-state index in [1.54, 1.807) is 13.0 Å². The van der Waals surface area contributed by atoms with Gasteiger partial charge in [-0.15, -0.1) is 0 Å². The molecule has 6 rings (SSSR count). The molecule has 4 atom stereocenters. The number of rotatable bonds is 10. The number of ether oxygens (including phenoxy) is 2. The molecule has 1 saturated carbocycles. The van der Waals surface area contributed by atoms with Crippen LogP contribution in [-0.4, -0.2) is 61.1 Å². The maximum Gasteiger partial charge on any atom is 0.306 e. The van der Waals surface area contributed by atoms with Crippen molar-refractivity contribution in [2.24, 2.45) is 11.8 Å². The molecule has 2 fully saturated rings. The largest absolute Gasteiger partial charge is 0.485 e. The zero-order valence-electron chi connectivity index (χ0n) is 25.3. The van der Waals surface area contributed by atoms with E-state index in [0.717, 1.165) is 59.9 Å². The first-order chi connectivity index (χ1) is 21.0. The highest BCUT2D eigenvalue weighted by atomic mass is 32.2. The lowest BCUT2D eigenvalue weighted by atomic mass is 9.82. The molecule has 2 aromatic carbocycles. The summed E-state index contributed by atoms with van der Waals surface area (Å²) in [5.74, 6) is -0.297. The average molecular weight is 623 g/mol. The van der Waals surface area contributed by atoms with Gasteiger partial charge in [0.05, 0.1) is 24.5 Å². The summed E-state index contributed by atoms with van der Waals surface area (Å²) in [6.07, 6.45) is 6.44. The molecule has 0 bridgehead atoms. The molecule has 1 saturated heterocycles. The van der Waals surface area contributed by atoms with Crippen LogP contribution in [0, 0.1) is 17.7 Å². The SMILES string of the molecule is COc1cc(-c2ccc(C3CCc4ccc([C@H](C5CC5)[C@H](C)C(=O)O)cc4O3)cc2CN2CC[C@@H](S(C)(=O)=O)C2)c(F)cn1. The van der Waals surface area contributed by atoms with E-state index in [4.69, 9.17) is 9.47 Å². The number of halogens is 1. The molecule has 1 aliphatic carbocycles. The third-order valence-electron chi connectivity index (χ3n) is 9.54. The molecule has 44 heavy (non-hydrogen) atoms. The number of aliphatic carboxylic acids is 1. The number of nitrogens with zero attached hydrogens (tertiary/aromatic N) is 2. The maximum absolute atomic E-state index is 15.1. The Labute approximate surface area is 258 Å². The van der Waals surface area contributed by atoms with Gasteiger partial charge in [-0.05, 0) is 84.4 Å². The van der Waals surface area contributed by atoms with E-state index in [1.807, 2.05) is 18.2 Å². The van der Waals surface area contributed by atoms with Gasteiger partial charge in [-0.1, -0.05) is 37.3 Å². The Morgan fingerprint density at radius 2 is 1.93 bits per heavy atom. The number of carbonyl (C=O) groups is 1. The van der Waals surface area contributed by atoms with Crippen molar-refractivity contribution in [3.8, 4) is 22.8 Å². The summed E-state index contributed by atoms with van der Waals surface area (Å²) in [6, 6.07) is 13.7. The Balaban J connectivity index is 1.32. The fraction of sp³-hybridized carbons (Fsp3) is 0.471. The van der Waals surface area contributed by atoms with Crippen LogP contribution < -0.4 is 9.47 Å². The fourth-order valence-corrected chi connectivity index (χ4v) is 7.90. The molecule has 1 aromatic heterocycles. The van der Waals surface area contributed by atoms with Gasteiger partial charge in [0.25, 0.3) is 0 Å². The number of pyridine rings is 1. The highest BCUT2D eigenvalue weighted by Crippen LogP contribution is 2.48. The molecule has 0 spiro atoms. The standard InChI is InChI=1S/C34H39FN2O6S/c1-20(34(38)39)33(22-5-6-22)24-7-4-21-9-11-30(43-31(21)15-24)23-8-10-27(28-16-32(42-2)36-17-29(28)35)25(14-23)18-37-13-12-26(19-37)44(3,40)41/h4,7-8,10,14-17,20,22,26,30,33H,5-6,9,11-13,18-19H2,1-3H3,(H,38,39)/t20-,26+,30?,33-/m0/s1. The van der Waals surface area contributed by atoms with Gasteiger partial charge < -0.3 is 14.6 Å². The Morgan fingerprint density at radius 1 is 1.14 bits per heavy atom. The van der Waals surface area contributed by atoms with Crippen molar-refractivity contribution < 1.29 is 32.2 Å². The fourth-order valence-electron chi connectivity index (χ4n) is 6.88. The molecular formula is C34H39FN2O6S. The topological polar surface area (TPSA) is 106 Å². The second-order valence-electron chi connectivity index (χ2n) is 12.6. The third kappa shape index (κ3) is 6.33. The van der Waals surface area contributed by atoms with Crippen molar-refractivity contribution in [2.45, 2.75) is 62.8 Å². The predicted molar refractivity (Wildman–Crippen MR) is 165 cm³/mol. The van der Waals surface area contributed by atoms with E-state index < -0.39 is 32.8 Å². The second-order valence-corrected chi connectivity index (χ2v) is 14.9. The Bertz CT molecular complexity index is 1670. The number of carboxylic acids is 1. The zero-order valence-corrected chi connectivity index (χ0v) is 26.1. The number of hydrogen-bond donors (Lipinski definition) is 1. The first kappa shape index (κ1) is 30.5. The Kier molecular flexibility index (Phi) is 8.41. The van der Waals surface area contributed by atoms with Gasteiger partial charge in [0.15, 0.2) is 9.84 Å². The molecule has 0 radical (unpaired) electrons. The molecule has 2 aliphatic heterocycles. The smallest absolute Gasteiger partial charge is 0.306 e. The van der Waals surface area contributed by atoms with Crippen molar-refractivity contribution in [3.63, 3.8) is 0 Å². The molecule has 3 aromatic rings. The van der Waals surface area contributed by atoms with Crippen LogP contribution in [0.4, 0.5) is 4.39 Å². The summed E-state index contributed by atoms with van der Waals surface area (Å²) in [6.45, 7) is 3.31. The summed E-state index contributed by atoms with van der Waals surface area (Å²) in [4.78, 5) is 18.0. The summed E-state index contributed by atoms with van der Waals surface area (Å²) < 4.78 is 51.5. The first-order valence-corrected chi connectivity index (χ1v) is 17.2. The lowest BCUT2D eigenvalue weighted by Gasteiger charge is -2.29. The number of aromatic nitrogens is 1. The van der Waals surface area contributed by atoms with Crippen LogP contribution in [0.5, 0.6) is 11.6 Å². The van der Waals surface area contributed by atoms with E-state index in [0.29, 0.717) is 49.0 Å². The van der Waals surface area contributed by atoms with Crippen molar-refractivity contribution in [1.29, 1.82) is 0 Å². The molecule has 3 heterocycles. The molecule has 8 nitrogen and oxygen atoms in total. The average Bonchev–Trinajstić information content (AvgIpc) is 3.72. The maximum atomic E-state index is 15.1. The number of benzene rings is 2. The molecule has 234 valence electrons. The first-order valence-electron chi connectivity index (χ1n) is 15.3.